The lowest BCUT2D eigenvalue weighted by Crippen LogP contribution is -2.62. The molecular formula is C27H48O8. The lowest BCUT2D eigenvalue weighted by Gasteiger charge is -2.47. The molecule has 0 radical (unpaired) electrons. The van der Waals surface area contributed by atoms with Crippen molar-refractivity contribution in [3.05, 3.63) is 12.7 Å². The summed E-state index contributed by atoms with van der Waals surface area (Å²) in [6.45, 7) is 13.9. The Bertz CT molecular complexity index is 614. The molecule has 0 bridgehead atoms. The fraction of sp³-hybridized carbons (Fsp3) is 0.889. The molecule has 1 aliphatic carbocycles. The number of carboxylic acid groups (broad SMARTS) is 1. The van der Waals surface area contributed by atoms with Crippen molar-refractivity contribution in [1.82, 2.24) is 0 Å². The van der Waals surface area contributed by atoms with Gasteiger partial charge >= 0.3 is 5.97 Å². The number of ether oxygens (including phenoxy) is 5. The van der Waals surface area contributed by atoms with Crippen LogP contribution in [-0.4, -0.2) is 78.9 Å². The lowest BCUT2D eigenvalue weighted by molar-refractivity contribution is -0.333. The second-order valence-corrected chi connectivity index (χ2v) is 9.85. The van der Waals surface area contributed by atoms with E-state index in [2.05, 4.69) is 27.4 Å². The first kappa shape index (κ1) is 30.2. The first-order valence-corrected chi connectivity index (χ1v) is 13.6. The molecule has 2 fully saturated rings. The van der Waals surface area contributed by atoms with Crippen LogP contribution in [0, 0.1) is 11.8 Å². The third-order valence-electron chi connectivity index (χ3n) is 6.98. The molecule has 2 rings (SSSR count). The second kappa shape index (κ2) is 15.9. The summed E-state index contributed by atoms with van der Waals surface area (Å²) in [5.74, 6) is -1.85. The molecule has 0 spiro atoms. The van der Waals surface area contributed by atoms with Crippen LogP contribution in [0.5, 0.6) is 0 Å². The Morgan fingerprint density at radius 2 is 1.46 bits per heavy atom. The summed E-state index contributed by atoms with van der Waals surface area (Å²) in [4.78, 5) is 11.6. The number of aliphatic carboxylic acids is 1. The summed E-state index contributed by atoms with van der Waals surface area (Å²) in [5, 5.41) is 20.3. The fourth-order valence-corrected chi connectivity index (χ4v) is 4.82. The van der Waals surface area contributed by atoms with Crippen LogP contribution < -0.4 is 0 Å². The number of hydrogen-bond acceptors (Lipinski definition) is 7. The Morgan fingerprint density at radius 1 is 0.914 bits per heavy atom. The van der Waals surface area contributed by atoms with Crippen molar-refractivity contribution in [3.8, 4) is 0 Å². The lowest BCUT2D eigenvalue weighted by atomic mass is 9.77. The van der Waals surface area contributed by atoms with Gasteiger partial charge in [-0.05, 0) is 39.0 Å². The number of carbonyl (C=O) groups is 1. The molecule has 1 saturated carbocycles. The number of carboxylic acids is 1. The van der Waals surface area contributed by atoms with Crippen LogP contribution in [0.25, 0.3) is 0 Å². The molecule has 0 amide bonds. The number of aliphatic hydroxyl groups excluding tert-OH is 1. The van der Waals surface area contributed by atoms with Crippen LogP contribution in [-0.2, 0) is 28.5 Å². The highest BCUT2D eigenvalue weighted by atomic mass is 16.7. The molecule has 2 N–H and O–H groups in total. The summed E-state index contributed by atoms with van der Waals surface area (Å²) in [7, 11) is 0. The zero-order valence-corrected chi connectivity index (χ0v) is 22.1. The molecule has 1 aliphatic heterocycles. The van der Waals surface area contributed by atoms with Gasteiger partial charge in [-0.25, -0.2) is 0 Å². The van der Waals surface area contributed by atoms with Gasteiger partial charge in [0, 0.05) is 25.7 Å². The van der Waals surface area contributed by atoms with Crippen LogP contribution in [0.15, 0.2) is 12.7 Å². The second-order valence-electron chi connectivity index (χ2n) is 9.85. The summed E-state index contributed by atoms with van der Waals surface area (Å²) < 4.78 is 31.6. The number of aliphatic hydroxyl groups is 1. The number of rotatable bonds is 16. The minimum Gasteiger partial charge on any atom is -0.481 e. The largest absolute Gasteiger partial charge is 0.481 e. The topological polar surface area (TPSA) is 104 Å². The zero-order valence-electron chi connectivity index (χ0n) is 22.1. The smallest absolute Gasteiger partial charge is 0.306 e. The molecular weight excluding hydrogens is 452 g/mol. The average molecular weight is 501 g/mol. The normalized spacial score (nSPS) is 35.6. The van der Waals surface area contributed by atoms with Crippen molar-refractivity contribution in [2.45, 2.75) is 122 Å². The number of hydrogen-bond donors (Lipinski definition) is 2. The monoisotopic (exact) mass is 500 g/mol. The van der Waals surface area contributed by atoms with E-state index < -0.39 is 36.5 Å². The maximum Gasteiger partial charge on any atom is 0.306 e. The van der Waals surface area contributed by atoms with E-state index in [1.807, 2.05) is 6.92 Å². The van der Waals surface area contributed by atoms with Gasteiger partial charge < -0.3 is 33.9 Å². The molecule has 8 heteroatoms. The first-order valence-electron chi connectivity index (χ1n) is 13.6. The van der Waals surface area contributed by atoms with E-state index >= 15 is 0 Å². The molecule has 8 nitrogen and oxygen atoms in total. The Morgan fingerprint density at radius 3 is 1.97 bits per heavy atom. The molecule has 1 saturated heterocycles. The Kier molecular flexibility index (Phi) is 13.8. The maximum absolute atomic E-state index is 11.6. The van der Waals surface area contributed by atoms with Gasteiger partial charge in [-0.2, -0.15) is 0 Å². The van der Waals surface area contributed by atoms with E-state index in [-0.39, 0.29) is 30.7 Å². The third-order valence-corrected chi connectivity index (χ3v) is 6.98. The van der Waals surface area contributed by atoms with Gasteiger partial charge in [0.1, 0.15) is 18.3 Å². The standard InChI is InChI=1S/C27H48O8/c1-6-10-13-31-22-18(5)34-27(25(33-15-12-8-3)24(22)32-14-11-7-2)35-23-19(9-4)16-20(26(29)30)17-21(23)28/h9,18-25,27-28H,4,6-8,10-17H2,1-3,5H3,(H,29,30)/t18-,19?,20?,21+,22?,23?,24?,25-,27?/m0/s1. The fourth-order valence-electron chi connectivity index (χ4n) is 4.82. The Labute approximate surface area is 211 Å². The highest BCUT2D eigenvalue weighted by molar-refractivity contribution is 5.70. The number of unbranched alkanes of at least 4 members (excludes halogenated alkanes) is 3. The molecule has 1 heterocycles. The van der Waals surface area contributed by atoms with E-state index in [1.54, 1.807) is 6.08 Å². The quantitative estimate of drug-likeness (QED) is 0.238. The minimum atomic E-state index is -0.943. The molecule has 0 aromatic rings. The van der Waals surface area contributed by atoms with E-state index in [0.29, 0.717) is 26.2 Å². The SMILES string of the molecule is C=CC1CC(C(=O)O)C[C@@H](O)C1OC1O[C@@H](C)C(OCCCC)C(OCCCC)[C@@H]1OCCCC. The van der Waals surface area contributed by atoms with E-state index in [1.165, 1.54) is 0 Å². The molecule has 35 heavy (non-hydrogen) atoms. The van der Waals surface area contributed by atoms with Gasteiger partial charge in [-0.15, -0.1) is 6.58 Å². The predicted molar refractivity (Wildman–Crippen MR) is 133 cm³/mol. The summed E-state index contributed by atoms with van der Waals surface area (Å²) >= 11 is 0. The van der Waals surface area contributed by atoms with Gasteiger partial charge in [0.05, 0.1) is 24.2 Å². The van der Waals surface area contributed by atoms with Crippen molar-refractivity contribution in [2.24, 2.45) is 11.8 Å². The van der Waals surface area contributed by atoms with E-state index in [9.17, 15) is 15.0 Å². The molecule has 9 atom stereocenters. The summed E-state index contributed by atoms with van der Waals surface area (Å²) in [6, 6.07) is 0. The van der Waals surface area contributed by atoms with Crippen molar-refractivity contribution in [1.29, 1.82) is 0 Å². The van der Waals surface area contributed by atoms with Crippen LogP contribution in [0.1, 0.15) is 79.1 Å². The first-order chi connectivity index (χ1) is 16.9. The van der Waals surface area contributed by atoms with Crippen LogP contribution in [0.2, 0.25) is 0 Å². The van der Waals surface area contributed by atoms with Crippen LogP contribution in [0.3, 0.4) is 0 Å². The summed E-state index contributed by atoms with van der Waals surface area (Å²) in [6.07, 6.45) is 4.12. The highest BCUT2D eigenvalue weighted by Gasteiger charge is 2.50. The molecule has 0 aromatic heterocycles. The Balaban J connectivity index is 2.25. The summed E-state index contributed by atoms with van der Waals surface area (Å²) in [5.41, 5.74) is 0. The van der Waals surface area contributed by atoms with Gasteiger partial charge in [0.15, 0.2) is 6.29 Å². The molecule has 2 aliphatic rings. The molecule has 6 unspecified atom stereocenters. The van der Waals surface area contributed by atoms with E-state index in [0.717, 1.165) is 38.5 Å². The van der Waals surface area contributed by atoms with Gasteiger partial charge in [0.25, 0.3) is 0 Å². The van der Waals surface area contributed by atoms with E-state index in [4.69, 9.17) is 23.7 Å². The zero-order chi connectivity index (χ0) is 25.8. The van der Waals surface area contributed by atoms with Gasteiger partial charge in [-0.1, -0.05) is 46.1 Å². The van der Waals surface area contributed by atoms with Crippen molar-refractivity contribution in [3.63, 3.8) is 0 Å². The van der Waals surface area contributed by atoms with Gasteiger partial charge in [-0.3, -0.25) is 4.79 Å². The van der Waals surface area contributed by atoms with Crippen molar-refractivity contribution in [2.75, 3.05) is 19.8 Å². The van der Waals surface area contributed by atoms with Crippen molar-refractivity contribution < 1.29 is 38.7 Å². The van der Waals surface area contributed by atoms with Crippen LogP contribution >= 0.6 is 0 Å². The third kappa shape index (κ3) is 8.79. The average Bonchev–Trinajstić information content (AvgIpc) is 2.83. The predicted octanol–water partition coefficient (Wildman–Crippen LogP) is 4.33. The molecule has 204 valence electrons. The highest BCUT2D eigenvalue weighted by Crippen LogP contribution is 2.36. The molecule has 0 aromatic carbocycles. The van der Waals surface area contributed by atoms with Crippen molar-refractivity contribution >= 4 is 5.97 Å². The van der Waals surface area contributed by atoms with Gasteiger partial charge in [0.2, 0.25) is 0 Å². The maximum atomic E-state index is 11.6. The van der Waals surface area contributed by atoms with Crippen LogP contribution in [0.4, 0.5) is 0 Å². The Hall–Kier alpha value is -1.03. The minimum absolute atomic E-state index is 0.132.